The molecule has 0 aromatic heterocycles. The number of carbonyl (C=O) groups is 1. The average molecular weight is 356 g/mol. The van der Waals surface area contributed by atoms with E-state index in [-0.39, 0.29) is 12.5 Å². The van der Waals surface area contributed by atoms with Crippen molar-refractivity contribution in [3.63, 3.8) is 0 Å². The van der Waals surface area contributed by atoms with Crippen molar-refractivity contribution in [3.8, 4) is 11.5 Å². The van der Waals surface area contributed by atoms with Crippen LogP contribution in [0.2, 0.25) is 0 Å². The lowest BCUT2D eigenvalue weighted by Crippen LogP contribution is -2.22. The molecule has 0 aliphatic heterocycles. The molecular weight excluding hydrogens is 328 g/mol. The summed E-state index contributed by atoms with van der Waals surface area (Å²) in [5.74, 6) is 1.46. The third kappa shape index (κ3) is 6.67. The summed E-state index contributed by atoms with van der Waals surface area (Å²) >= 11 is 0. The van der Waals surface area contributed by atoms with Crippen LogP contribution >= 0.6 is 0 Å². The van der Waals surface area contributed by atoms with Crippen molar-refractivity contribution in [2.75, 3.05) is 30.4 Å². The molecule has 26 heavy (non-hydrogen) atoms. The van der Waals surface area contributed by atoms with Crippen LogP contribution in [-0.4, -0.2) is 25.7 Å². The standard InChI is InChI=1S/C21H28N2O3/c1-3-5-15-26-20-9-7-6-8-19(20)22-16-21(24)23-17-10-12-18(13-11-17)25-14-4-2/h6-13,22H,3-5,14-16H2,1-2H3,(H,23,24). The quantitative estimate of drug-likeness (QED) is 0.573. The Morgan fingerprint density at radius 2 is 1.69 bits per heavy atom. The molecule has 0 aliphatic carbocycles. The first kappa shape index (κ1) is 19.6. The second-order valence-corrected chi connectivity index (χ2v) is 5.97. The first-order chi connectivity index (χ1) is 12.7. The Hall–Kier alpha value is -2.69. The van der Waals surface area contributed by atoms with Crippen LogP contribution in [0, 0.1) is 0 Å². The summed E-state index contributed by atoms with van der Waals surface area (Å²) in [6.45, 7) is 5.72. The summed E-state index contributed by atoms with van der Waals surface area (Å²) in [5.41, 5.74) is 1.56. The van der Waals surface area contributed by atoms with Gasteiger partial charge < -0.3 is 20.1 Å². The molecule has 0 saturated heterocycles. The fourth-order valence-corrected chi connectivity index (χ4v) is 2.30. The van der Waals surface area contributed by atoms with Crippen LogP contribution in [0.15, 0.2) is 48.5 Å². The predicted molar refractivity (Wildman–Crippen MR) is 106 cm³/mol. The van der Waals surface area contributed by atoms with Gasteiger partial charge in [0.05, 0.1) is 25.4 Å². The maximum absolute atomic E-state index is 12.2. The number of hydrogen-bond donors (Lipinski definition) is 2. The Bertz CT molecular complexity index is 671. The fourth-order valence-electron chi connectivity index (χ4n) is 2.30. The minimum atomic E-state index is -0.115. The molecule has 0 unspecified atom stereocenters. The van der Waals surface area contributed by atoms with Crippen molar-refractivity contribution in [1.29, 1.82) is 0 Å². The smallest absolute Gasteiger partial charge is 0.243 e. The van der Waals surface area contributed by atoms with Gasteiger partial charge in [0.1, 0.15) is 11.5 Å². The summed E-state index contributed by atoms with van der Waals surface area (Å²) in [4.78, 5) is 12.2. The van der Waals surface area contributed by atoms with E-state index in [0.29, 0.717) is 13.2 Å². The molecule has 5 heteroatoms. The summed E-state index contributed by atoms with van der Waals surface area (Å²) in [5, 5.41) is 6.01. The van der Waals surface area contributed by atoms with E-state index >= 15 is 0 Å². The Morgan fingerprint density at radius 3 is 2.42 bits per heavy atom. The molecule has 5 nitrogen and oxygen atoms in total. The first-order valence-corrected chi connectivity index (χ1v) is 9.21. The van der Waals surface area contributed by atoms with Crippen molar-refractivity contribution in [3.05, 3.63) is 48.5 Å². The van der Waals surface area contributed by atoms with Crippen LogP contribution in [0.25, 0.3) is 0 Å². The van der Waals surface area contributed by atoms with E-state index in [1.807, 2.05) is 48.5 Å². The second-order valence-electron chi connectivity index (χ2n) is 5.97. The lowest BCUT2D eigenvalue weighted by molar-refractivity contribution is -0.114. The normalized spacial score (nSPS) is 10.2. The van der Waals surface area contributed by atoms with E-state index in [4.69, 9.17) is 9.47 Å². The van der Waals surface area contributed by atoms with E-state index in [9.17, 15) is 4.79 Å². The zero-order valence-electron chi connectivity index (χ0n) is 15.6. The van der Waals surface area contributed by atoms with Gasteiger partial charge in [0.15, 0.2) is 0 Å². The van der Waals surface area contributed by atoms with Gasteiger partial charge in [-0.1, -0.05) is 32.4 Å². The number of ether oxygens (including phenoxy) is 2. The Labute approximate surface area is 155 Å². The third-order valence-corrected chi connectivity index (χ3v) is 3.69. The highest BCUT2D eigenvalue weighted by Crippen LogP contribution is 2.24. The Morgan fingerprint density at radius 1 is 0.923 bits per heavy atom. The highest BCUT2D eigenvalue weighted by atomic mass is 16.5. The van der Waals surface area contributed by atoms with Gasteiger partial charge in [-0.3, -0.25) is 4.79 Å². The molecule has 2 N–H and O–H groups in total. The number of anilines is 2. The van der Waals surface area contributed by atoms with Crippen LogP contribution in [-0.2, 0) is 4.79 Å². The first-order valence-electron chi connectivity index (χ1n) is 9.21. The molecule has 0 aliphatic rings. The molecule has 0 spiro atoms. The van der Waals surface area contributed by atoms with Crippen molar-refractivity contribution < 1.29 is 14.3 Å². The molecule has 0 fully saturated rings. The minimum Gasteiger partial charge on any atom is -0.494 e. The highest BCUT2D eigenvalue weighted by molar-refractivity contribution is 5.94. The number of benzene rings is 2. The molecule has 0 saturated carbocycles. The van der Waals surface area contributed by atoms with Crippen molar-refractivity contribution in [2.45, 2.75) is 33.1 Å². The third-order valence-electron chi connectivity index (χ3n) is 3.69. The average Bonchev–Trinajstić information content (AvgIpc) is 2.67. The Kier molecular flexibility index (Phi) is 8.33. The molecule has 2 rings (SSSR count). The second kappa shape index (κ2) is 11.0. The summed E-state index contributed by atoms with van der Waals surface area (Å²) < 4.78 is 11.3. The van der Waals surface area contributed by atoms with Gasteiger partial charge in [0, 0.05) is 5.69 Å². The number of rotatable bonds is 11. The number of hydrogen-bond acceptors (Lipinski definition) is 4. The lowest BCUT2D eigenvalue weighted by Gasteiger charge is -2.13. The molecule has 140 valence electrons. The van der Waals surface area contributed by atoms with Gasteiger partial charge in [-0.25, -0.2) is 0 Å². The van der Waals surface area contributed by atoms with Crippen LogP contribution in [0.5, 0.6) is 11.5 Å². The van der Waals surface area contributed by atoms with E-state index in [1.54, 1.807) is 0 Å². The van der Waals surface area contributed by atoms with Crippen LogP contribution in [0.1, 0.15) is 33.1 Å². The van der Waals surface area contributed by atoms with Crippen molar-refractivity contribution in [1.82, 2.24) is 0 Å². The van der Waals surface area contributed by atoms with E-state index in [0.717, 1.165) is 42.1 Å². The number of carbonyl (C=O) groups excluding carboxylic acids is 1. The largest absolute Gasteiger partial charge is 0.494 e. The monoisotopic (exact) mass is 356 g/mol. The van der Waals surface area contributed by atoms with Gasteiger partial charge in [-0.15, -0.1) is 0 Å². The zero-order chi connectivity index (χ0) is 18.6. The number of amides is 1. The summed E-state index contributed by atoms with van der Waals surface area (Å²) in [7, 11) is 0. The van der Waals surface area contributed by atoms with Crippen molar-refractivity contribution >= 4 is 17.3 Å². The summed E-state index contributed by atoms with van der Waals surface area (Å²) in [6.07, 6.45) is 3.06. The van der Waals surface area contributed by atoms with Gasteiger partial charge in [0.25, 0.3) is 0 Å². The molecule has 0 atom stereocenters. The molecule has 0 heterocycles. The topological polar surface area (TPSA) is 59.6 Å². The van der Waals surface area contributed by atoms with Crippen molar-refractivity contribution in [2.24, 2.45) is 0 Å². The van der Waals surface area contributed by atoms with E-state index in [2.05, 4.69) is 24.5 Å². The molecule has 2 aromatic carbocycles. The maximum Gasteiger partial charge on any atom is 0.243 e. The Balaban J connectivity index is 1.83. The number of nitrogens with one attached hydrogen (secondary N) is 2. The van der Waals surface area contributed by atoms with E-state index < -0.39 is 0 Å². The van der Waals surface area contributed by atoms with Crippen LogP contribution in [0.4, 0.5) is 11.4 Å². The van der Waals surface area contributed by atoms with Gasteiger partial charge >= 0.3 is 0 Å². The number of para-hydroxylation sites is 2. The summed E-state index contributed by atoms with van der Waals surface area (Å²) in [6, 6.07) is 15.1. The maximum atomic E-state index is 12.2. The van der Waals surface area contributed by atoms with Gasteiger partial charge in [-0.2, -0.15) is 0 Å². The molecule has 1 amide bonds. The lowest BCUT2D eigenvalue weighted by atomic mass is 10.2. The number of unbranched alkanes of at least 4 members (excludes halogenated alkanes) is 1. The van der Waals surface area contributed by atoms with Crippen LogP contribution in [0.3, 0.4) is 0 Å². The molecular formula is C21H28N2O3. The van der Waals surface area contributed by atoms with Gasteiger partial charge in [-0.05, 0) is 49.2 Å². The predicted octanol–water partition coefficient (Wildman–Crippen LogP) is 4.70. The van der Waals surface area contributed by atoms with Gasteiger partial charge in [0.2, 0.25) is 5.91 Å². The fraction of sp³-hybridized carbons (Fsp3) is 0.381. The highest BCUT2D eigenvalue weighted by Gasteiger charge is 2.06. The van der Waals surface area contributed by atoms with Crippen LogP contribution < -0.4 is 20.1 Å². The zero-order valence-corrected chi connectivity index (χ0v) is 15.6. The molecule has 0 radical (unpaired) electrons. The minimum absolute atomic E-state index is 0.115. The molecule has 0 bridgehead atoms. The molecule has 2 aromatic rings. The van der Waals surface area contributed by atoms with E-state index in [1.165, 1.54) is 0 Å². The SMILES string of the molecule is CCCCOc1ccccc1NCC(=O)Nc1ccc(OCCC)cc1.